The summed E-state index contributed by atoms with van der Waals surface area (Å²) in [5.41, 5.74) is 2.66. The molecule has 0 radical (unpaired) electrons. The van der Waals surface area contributed by atoms with Gasteiger partial charge in [0.05, 0.1) is 17.7 Å². The smallest absolute Gasteiger partial charge is 0.0757 e. The molecular formula is C21H22N2. The molecule has 4 aromatic rings. The van der Waals surface area contributed by atoms with Crippen LogP contribution in [0.4, 0.5) is 0 Å². The van der Waals surface area contributed by atoms with Gasteiger partial charge in [0, 0.05) is 10.8 Å². The van der Waals surface area contributed by atoms with Gasteiger partial charge in [-0.25, -0.2) is 0 Å². The molecule has 2 heteroatoms. The van der Waals surface area contributed by atoms with Crippen LogP contribution in [0.5, 0.6) is 0 Å². The maximum Gasteiger partial charge on any atom is 0.0757 e. The Morgan fingerprint density at radius 1 is 0.739 bits per heavy atom. The molecule has 1 aromatic heterocycles. The summed E-state index contributed by atoms with van der Waals surface area (Å²) in [5.74, 6) is 0. The average molecular weight is 302 g/mol. The molecule has 0 amide bonds. The summed E-state index contributed by atoms with van der Waals surface area (Å²) in [7, 11) is 0. The van der Waals surface area contributed by atoms with Gasteiger partial charge in [-0.15, -0.1) is 0 Å². The van der Waals surface area contributed by atoms with Crippen LogP contribution in [0.2, 0.25) is 0 Å². The molecule has 0 spiro atoms. The van der Waals surface area contributed by atoms with Crippen molar-refractivity contribution in [2.45, 2.75) is 20.5 Å². The van der Waals surface area contributed by atoms with Gasteiger partial charge >= 0.3 is 0 Å². The Bertz CT molecular complexity index is 977. The monoisotopic (exact) mass is 302 g/mol. The topological polar surface area (TPSA) is 8.17 Å². The third kappa shape index (κ3) is 2.22. The first-order valence-electron chi connectivity index (χ1n) is 8.44. The fraction of sp³-hybridized carbons (Fsp3) is 0.238. The van der Waals surface area contributed by atoms with Crippen molar-refractivity contribution >= 4 is 32.6 Å². The van der Waals surface area contributed by atoms with E-state index in [1.807, 2.05) is 0 Å². The SMILES string of the molecule is CCN(CC)Cn1c2ccccc2c2c3ccccc3ccc21. The highest BCUT2D eigenvalue weighted by Gasteiger charge is 2.14. The Labute approximate surface area is 136 Å². The van der Waals surface area contributed by atoms with E-state index in [0.29, 0.717) is 0 Å². The Morgan fingerprint density at radius 2 is 1.43 bits per heavy atom. The van der Waals surface area contributed by atoms with E-state index >= 15 is 0 Å². The molecule has 0 unspecified atom stereocenters. The van der Waals surface area contributed by atoms with Crippen molar-refractivity contribution < 1.29 is 0 Å². The minimum Gasteiger partial charge on any atom is -0.327 e. The fourth-order valence-electron chi connectivity index (χ4n) is 3.59. The molecule has 2 nitrogen and oxygen atoms in total. The summed E-state index contributed by atoms with van der Waals surface area (Å²) in [6, 6.07) is 22.0. The second-order valence-electron chi connectivity index (χ2n) is 6.07. The second-order valence-corrected chi connectivity index (χ2v) is 6.07. The molecule has 0 atom stereocenters. The van der Waals surface area contributed by atoms with Crippen LogP contribution in [0.3, 0.4) is 0 Å². The van der Waals surface area contributed by atoms with Gasteiger partial charge in [0.25, 0.3) is 0 Å². The van der Waals surface area contributed by atoms with Crippen LogP contribution < -0.4 is 0 Å². The highest BCUT2D eigenvalue weighted by Crippen LogP contribution is 2.34. The van der Waals surface area contributed by atoms with Crippen molar-refractivity contribution in [2.75, 3.05) is 13.1 Å². The van der Waals surface area contributed by atoms with E-state index < -0.39 is 0 Å². The van der Waals surface area contributed by atoms with Crippen LogP contribution in [-0.2, 0) is 6.67 Å². The molecule has 1 heterocycles. The number of benzene rings is 3. The van der Waals surface area contributed by atoms with Crippen LogP contribution in [0, 0.1) is 0 Å². The maximum absolute atomic E-state index is 2.46. The standard InChI is InChI=1S/C21H22N2/c1-3-22(4-2)15-23-19-12-8-7-11-18(19)21-17-10-6-5-9-16(17)13-14-20(21)23/h5-14H,3-4,15H2,1-2H3. The van der Waals surface area contributed by atoms with Gasteiger partial charge in [0.15, 0.2) is 0 Å². The number of aromatic nitrogens is 1. The van der Waals surface area contributed by atoms with Crippen molar-refractivity contribution in [3.05, 3.63) is 60.7 Å². The van der Waals surface area contributed by atoms with Gasteiger partial charge in [-0.3, -0.25) is 4.90 Å². The summed E-state index contributed by atoms with van der Waals surface area (Å²) in [5, 5.41) is 5.39. The predicted octanol–water partition coefficient (Wildman–Crippen LogP) is 5.25. The lowest BCUT2D eigenvalue weighted by molar-refractivity contribution is 0.249. The number of hydrogen-bond acceptors (Lipinski definition) is 1. The van der Waals surface area contributed by atoms with Gasteiger partial charge in [0.2, 0.25) is 0 Å². The van der Waals surface area contributed by atoms with Gasteiger partial charge in [-0.2, -0.15) is 0 Å². The van der Waals surface area contributed by atoms with Crippen molar-refractivity contribution in [1.29, 1.82) is 0 Å². The van der Waals surface area contributed by atoms with Gasteiger partial charge in [0.1, 0.15) is 0 Å². The lowest BCUT2D eigenvalue weighted by Gasteiger charge is -2.20. The Hall–Kier alpha value is -2.32. The normalized spacial score (nSPS) is 12.0. The van der Waals surface area contributed by atoms with Crippen LogP contribution in [0.25, 0.3) is 32.6 Å². The van der Waals surface area contributed by atoms with Crippen LogP contribution >= 0.6 is 0 Å². The Morgan fingerprint density at radius 3 is 2.22 bits per heavy atom. The number of hydrogen-bond donors (Lipinski definition) is 0. The van der Waals surface area contributed by atoms with Gasteiger partial charge in [-0.05, 0) is 36.0 Å². The number of rotatable bonds is 4. The van der Waals surface area contributed by atoms with Crippen molar-refractivity contribution in [3.8, 4) is 0 Å². The van der Waals surface area contributed by atoms with E-state index in [1.165, 1.54) is 32.6 Å². The minimum absolute atomic E-state index is 0.940. The van der Waals surface area contributed by atoms with Crippen LogP contribution in [-0.4, -0.2) is 22.6 Å². The first-order valence-corrected chi connectivity index (χ1v) is 8.44. The lowest BCUT2D eigenvalue weighted by atomic mass is 10.0. The zero-order chi connectivity index (χ0) is 15.8. The molecule has 0 aliphatic carbocycles. The van der Waals surface area contributed by atoms with Crippen molar-refractivity contribution in [1.82, 2.24) is 9.47 Å². The Kier molecular flexibility index (Phi) is 3.55. The molecule has 23 heavy (non-hydrogen) atoms. The first kappa shape index (κ1) is 14.3. The third-order valence-electron chi connectivity index (χ3n) is 4.90. The van der Waals surface area contributed by atoms with E-state index in [4.69, 9.17) is 0 Å². The summed E-state index contributed by atoms with van der Waals surface area (Å²) in [4.78, 5) is 2.46. The molecule has 4 rings (SSSR count). The molecule has 0 aliphatic rings. The van der Waals surface area contributed by atoms with E-state index in [0.717, 1.165) is 19.8 Å². The van der Waals surface area contributed by atoms with E-state index in [1.54, 1.807) is 0 Å². The average Bonchev–Trinajstić information content (AvgIpc) is 2.94. The molecular weight excluding hydrogens is 280 g/mol. The first-order chi connectivity index (χ1) is 11.3. The summed E-state index contributed by atoms with van der Waals surface area (Å²) < 4.78 is 2.46. The summed E-state index contributed by atoms with van der Waals surface area (Å²) in [6.07, 6.45) is 0. The molecule has 0 N–H and O–H groups in total. The van der Waals surface area contributed by atoms with E-state index in [2.05, 4.69) is 84.0 Å². The van der Waals surface area contributed by atoms with Gasteiger partial charge < -0.3 is 4.57 Å². The largest absolute Gasteiger partial charge is 0.327 e. The number of fused-ring (bicyclic) bond motifs is 5. The summed E-state index contributed by atoms with van der Waals surface area (Å²) >= 11 is 0. The van der Waals surface area contributed by atoms with E-state index in [9.17, 15) is 0 Å². The highest BCUT2D eigenvalue weighted by molar-refractivity contribution is 6.20. The molecule has 0 aliphatic heterocycles. The molecule has 0 bridgehead atoms. The molecule has 0 fully saturated rings. The maximum atomic E-state index is 2.46. The highest BCUT2D eigenvalue weighted by atomic mass is 15.2. The minimum atomic E-state index is 0.940. The van der Waals surface area contributed by atoms with E-state index in [-0.39, 0.29) is 0 Å². The quantitative estimate of drug-likeness (QED) is 0.500. The van der Waals surface area contributed by atoms with Crippen molar-refractivity contribution in [3.63, 3.8) is 0 Å². The third-order valence-corrected chi connectivity index (χ3v) is 4.90. The molecule has 0 saturated carbocycles. The van der Waals surface area contributed by atoms with Crippen molar-refractivity contribution in [2.24, 2.45) is 0 Å². The lowest BCUT2D eigenvalue weighted by Crippen LogP contribution is -2.25. The molecule has 3 aromatic carbocycles. The molecule has 116 valence electrons. The zero-order valence-electron chi connectivity index (χ0n) is 13.8. The van der Waals surface area contributed by atoms with Crippen LogP contribution in [0.1, 0.15) is 13.8 Å². The second kappa shape index (κ2) is 5.71. The molecule has 0 saturated heterocycles. The van der Waals surface area contributed by atoms with Gasteiger partial charge in [-0.1, -0.05) is 62.4 Å². The zero-order valence-corrected chi connectivity index (χ0v) is 13.8. The summed E-state index contributed by atoms with van der Waals surface area (Å²) in [6.45, 7) is 7.53. The van der Waals surface area contributed by atoms with Crippen LogP contribution in [0.15, 0.2) is 60.7 Å². The number of para-hydroxylation sites is 1. The Balaban J connectivity index is 2.10. The fourth-order valence-corrected chi connectivity index (χ4v) is 3.59. The predicted molar refractivity (Wildman–Crippen MR) is 99.9 cm³/mol. The number of nitrogens with zero attached hydrogens (tertiary/aromatic N) is 2.